The van der Waals surface area contributed by atoms with Crippen LogP contribution in [0.4, 0.5) is 0 Å². The lowest BCUT2D eigenvalue weighted by atomic mass is 10.1. The van der Waals surface area contributed by atoms with Crippen molar-refractivity contribution in [3.63, 3.8) is 0 Å². The summed E-state index contributed by atoms with van der Waals surface area (Å²) < 4.78 is 0. The Labute approximate surface area is 158 Å². The van der Waals surface area contributed by atoms with Crippen LogP contribution < -0.4 is 0 Å². The van der Waals surface area contributed by atoms with E-state index in [4.69, 9.17) is 0 Å². The van der Waals surface area contributed by atoms with E-state index in [1.165, 1.54) is 0 Å². The van der Waals surface area contributed by atoms with Crippen LogP contribution >= 0.6 is 0 Å². The van der Waals surface area contributed by atoms with Gasteiger partial charge in [-0.05, 0) is 51.0 Å². The minimum atomic E-state index is -0.310. The van der Waals surface area contributed by atoms with Crippen molar-refractivity contribution in [1.82, 2.24) is 0 Å². The lowest BCUT2D eigenvalue weighted by Gasteiger charge is -1.93. The fourth-order valence-corrected chi connectivity index (χ4v) is 2.24. The summed E-state index contributed by atoms with van der Waals surface area (Å²) in [6, 6.07) is 0. The zero-order valence-corrected chi connectivity index (χ0v) is 15.9. The molecule has 0 amide bonds. The fraction of sp³-hybridized carbons (Fsp3) is 0.500. The first-order valence-corrected chi connectivity index (χ1v) is 9.50. The summed E-state index contributed by atoms with van der Waals surface area (Å²) in [6.07, 6.45) is 28.8. The quantitative estimate of drug-likeness (QED) is 0.139. The molecule has 0 N–H and O–H groups in total. The predicted molar refractivity (Wildman–Crippen MR) is 109 cm³/mol. The third-order valence-electron chi connectivity index (χ3n) is 3.63. The molecule has 0 aromatic rings. The van der Waals surface area contributed by atoms with E-state index in [2.05, 4.69) is 36.5 Å². The average Bonchev–Trinajstić information content (AvgIpc) is 2.63. The molecule has 0 unspecified atom stereocenters. The second-order valence-electron chi connectivity index (χ2n) is 5.90. The van der Waals surface area contributed by atoms with Crippen molar-refractivity contribution >= 4 is 6.29 Å². The molecule has 0 atom stereocenters. The Morgan fingerprint density at radius 2 is 1.46 bits per heavy atom. The zero-order chi connectivity index (χ0) is 19.3. The van der Waals surface area contributed by atoms with E-state index in [1.807, 2.05) is 25.4 Å². The highest BCUT2D eigenvalue weighted by molar-refractivity contribution is 5.50. The lowest BCUT2D eigenvalue weighted by Crippen LogP contribution is -1.96. The second-order valence-corrected chi connectivity index (χ2v) is 5.90. The first kappa shape index (κ1) is 23.8. The maximum Gasteiger partial charge on any atom is 0.246 e. The van der Waals surface area contributed by atoms with Gasteiger partial charge < -0.3 is 0 Å². The van der Waals surface area contributed by atoms with E-state index in [9.17, 15) is 14.9 Å². The summed E-state index contributed by atoms with van der Waals surface area (Å²) in [4.78, 5) is 20.5. The van der Waals surface area contributed by atoms with Gasteiger partial charge in [-0.2, -0.15) is 0 Å². The first-order valence-electron chi connectivity index (χ1n) is 9.50. The normalized spacial score (nSPS) is 12.9. The van der Waals surface area contributed by atoms with Gasteiger partial charge in [0.2, 0.25) is 5.70 Å². The maximum absolute atomic E-state index is 10.8. The number of hydrogen-bond acceptors (Lipinski definition) is 3. The van der Waals surface area contributed by atoms with Crippen molar-refractivity contribution in [3.05, 3.63) is 70.5 Å². The number of unbranched alkanes of at least 4 members (excludes halogenated alkanes) is 4. The van der Waals surface area contributed by atoms with Gasteiger partial charge in [0.1, 0.15) is 0 Å². The van der Waals surface area contributed by atoms with Gasteiger partial charge in [0.25, 0.3) is 0 Å². The van der Waals surface area contributed by atoms with Crippen LogP contribution in [0.2, 0.25) is 0 Å². The summed E-state index contributed by atoms with van der Waals surface area (Å²) in [5.41, 5.74) is 0.267. The molecule has 0 fully saturated rings. The summed E-state index contributed by atoms with van der Waals surface area (Å²) in [5.74, 6) is 0. The molecule has 0 aromatic heterocycles. The summed E-state index contributed by atoms with van der Waals surface area (Å²) in [7, 11) is 0. The molecular weight excluding hydrogens is 326 g/mol. The Morgan fingerprint density at radius 1 is 0.885 bits per heavy atom. The number of nitrogens with zero attached hydrogens (tertiary/aromatic N) is 1. The molecule has 0 rings (SSSR count). The molecule has 0 spiro atoms. The third kappa shape index (κ3) is 16.6. The van der Waals surface area contributed by atoms with Crippen molar-refractivity contribution in [2.75, 3.05) is 0 Å². The Hall–Kier alpha value is -2.23. The summed E-state index contributed by atoms with van der Waals surface area (Å²) >= 11 is 0. The molecule has 0 aliphatic carbocycles. The minimum absolute atomic E-state index is 0.267. The molecule has 4 nitrogen and oxygen atoms in total. The molecule has 143 valence electrons. The standard InChI is InChI=1S/C22H32NO3/c1-2-19-22(23(25)26)20-17-15-13-11-9-7-5-3-4-6-8-10-12-14-16-18-21-24/h3,5-6,8-9,11,15,17,19H,2,4,7,10,12-14,16,18,20H2,1H3/b5-3+,8-6+,11-9+,17-15+,22-19-. The summed E-state index contributed by atoms with van der Waals surface area (Å²) in [5, 5.41) is 10.8. The van der Waals surface area contributed by atoms with Crippen LogP contribution in [0.1, 0.15) is 71.1 Å². The number of nitro groups is 1. The molecule has 0 aliphatic heterocycles. The van der Waals surface area contributed by atoms with E-state index in [1.54, 1.807) is 6.08 Å². The largest absolute Gasteiger partial charge is 0.291 e. The SMILES string of the molecule is CC/C=C(/C/C=C/C/C=C/C/C=C/C/C=C/CCCCC[C]=O)[N+](=O)[O-]. The predicted octanol–water partition coefficient (Wildman–Crippen LogP) is 6.40. The van der Waals surface area contributed by atoms with Crippen LogP contribution in [0.3, 0.4) is 0 Å². The molecule has 0 saturated heterocycles. The second kappa shape index (κ2) is 19.1. The van der Waals surface area contributed by atoms with Crippen molar-refractivity contribution in [3.8, 4) is 0 Å². The van der Waals surface area contributed by atoms with Crippen LogP contribution in [0, 0.1) is 10.1 Å². The minimum Gasteiger partial charge on any atom is -0.291 e. The molecule has 4 heteroatoms. The van der Waals surface area contributed by atoms with Crippen molar-refractivity contribution in [2.24, 2.45) is 0 Å². The Balaban J connectivity index is 3.66. The van der Waals surface area contributed by atoms with Gasteiger partial charge in [0, 0.05) is 6.42 Å². The highest BCUT2D eigenvalue weighted by Crippen LogP contribution is 2.06. The number of hydrogen-bond donors (Lipinski definition) is 0. The molecule has 26 heavy (non-hydrogen) atoms. The van der Waals surface area contributed by atoms with E-state index < -0.39 is 0 Å². The van der Waals surface area contributed by atoms with Gasteiger partial charge in [-0.25, -0.2) is 0 Å². The monoisotopic (exact) mass is 358 g/mol. The van der Waals surface area contributed by atoms with Gasteiger partial charge in [-0.15, -0.1) is 0 Å². The van der Waals surface area contributed by atoms with Crippen LogP contribution in [0.25, 0.3) is 0 Å². The van der Waals surface area contributed by atoms with E-state index in [0.717, 1.165) is 44.9 Å². The number of rotatable bonds is 16. The average molecular weight is 359 g/mol. The molecule has 0 bridgehead atoms. The van der Waals surface area contributed by atoms with E-state index in [-0.39, 0.29) is 10.6 Å². The molecule has 0 aliphatic rings. The third-order valence-corrected chi connectivity index (χ3v) is 3.63. The molecule has 1 radical (unpaired) electrons. The van der Waals surface area contributed by atoms with Gasteiger partial charge in [0.15, 0.2) is 6.29 Å². The Morgan fingerprint density at radius 3 is 2.00 bits per heavy atom. The first-order chi connectivity index (χ1) is 12.7. The number of carbonyl (C=O) groups excluding carboxylic acids is 1. The van der Waals surface area contributed by atoms with Crippen LogP contribution in [-0.2, 0) is 4.79 Å². The van der Waals surface area contributed by atoms with Gasteiger partial charge in [-0.3, -0.25) is 14.9 Å². The van der Waals surface area contributed by atoms with Crippen LogP contribution in [0.5, 0.6) is 0 Å². The van der Waals surface area contributed by atoms with Gasteiger partial charge in [0.05, 0.1) is 11.3 Å². The highest BCUT2D eigenvalue weighted by Gasteiger charge is 2.05. The smallest absolute Gasteiger partial charge is 0.246 e. The van der Waals surface area contributed by atoms with Crippen molar-refractivity contribution < 1.29 is 9.72 Å². The molecular formula is C22H32NO3. The lowest BCUT2D eigenvalue weighted by molar-refractivity contribution is -0.427. The zero-order valence-electron chi connectivity index (χ0n) is 15.9. The van der Waals surface area contributed by atoms with Crippen molar-refractivity contribution in [2.45, 2.75) is 71.1 Å². The maximum atomic E-state index is 10.8. The highest BCUT2D eigenvalue weighted by atomic mass is 16.6. The summed E-state index contributed by atoms with van der Waals surface area (Å²) in [6.45, 7) is 1.90. The van der Waals surface area contributed by atoms with E-state index >= 15 is 0 Å². The Bertz CT molecular complexity index is 513. The van der Waals surface area contributed by atoms with E-state index in [0.29, 0.717) is 19.3 Å². The fourth-order valence-electron chi connectivity index (χ4n) is 2.24. The molecule has 0 heterocycles. The molecule has 0 aromatic carbocycles. The van der Waals surface area contributed by atoms with Gasteiger partial charge in [-0.1, -0.05) is 62.0 Å². The Kier molecular flexibility index (Phi) is 17.5. The van der Waals surface area contributed by atoms with Crippen LogP contribution in [0.15, 0.2) is 60.4 Å². The van der Waals surface area contributed by atoms with Gasteiger partial charge >= 0.3 is 0 Å². The number of allylic oxidation sites excluding steroid dienone is 9. The topological polar surface area (TPSA) is 60.2 Å². The molecule has 0 saturated carbocycles. The van der Waals surface area contributed by atoms with Crippen LogP contribution in [-0.4, -0.2) is 11.2 Å². The van der Waals surface area contributed by atoms with Crippen molar-refractivity contribution in [1.29, 1.82) is 0 Å².